The van der Waals surface area contributed by atoms with Crippen molar-refractivity contribution < 1.29 is 19.0 Å². The first-order valence-corrected chi connectivity index (χ1v) is 5.20. The zero-order valence-corrected chi connectivity index (χ0v) is 9.54. The van der Waals surface area contributed by atoms with Crippen molar-refractivity contribution >= 4 is 5.97 Å². The van der Waals surface area contributed by atoms with Gasteiger partial charge in [-0.25, -0.2) is 0 Å². The lowest BCUT2D eigenvalue weighted by molar-refractivity contribution is -0.252. The average molecular weight is 217 g/mol. The zero-order chi connectivity index (χ0) is 11.3. The molecule has 0 atom stereocenters. The molecule has 0 bridgehead atoms. The molecule has 0 saturated carbocycles. The highest BCUT2D eigenvalue weighted by atomic mass is 16.7. The summed E-state index contributed by atoms with van der Waals surface area (Å²) in [4.78, 5) is 11.0. The molecule has 1 N–H and O–H groups in total. The third-order valence-electron chi connectivity index (χ3n) is 2.10. The fourth-order valence-corrected chi connectivity index (χ4v) is 1.25. The molecule has 88 valence electrons. The van der Waals surface area contributed by atoms with Gasteiger partial charge in [0.25, 0.3) is 0 Å². The molecule has 1 saturated heterocycles. The van der Waals surface area contributed by atoms with Crippen LogP contribution in [-0.2, 0) is 19.0 Å². The monoisotopic (exact) mass is 217 g/mol. The second kappa shape index (κ2) is 5.44. The van der Waals surface area contributed by atoms with Crippen LogP contribution in [0.1, 0.15) is 20.8 Å². The van der Waals surface area contributed by atoms with Crippen LogP contribution in [0.15, 0.2) is 0 Å². The fourth-order valence-electron chi connectivity index (χ4n) is 1.25. The summed E-state index contributed by atoms with van der Waals surface area (Å²) in [6, 6.07) is 0.0578. The normalized spacial score (nSPS) is 21.3. The first kappa shape index (κ1) is 12.4. The Hall–Kier alpha value is -0.650. The van der Waals surface area contributed by atoms with Gasteiger partial charge in [-0.2, -0.15) is 0 Å². The van der Waals surface area contributed by atoms with Crippen LogP contribution >= 0.6 is 0 Å². The quantitative estimate of drug-likeness (QED) is 0.686. The van der Waals surface area contributed by atoms with Crippen molar-refractivity contribution in [2.24, 2.45) is 0 Å². The topological polar surface area (TPSA) is 56.8 Å². The molecule has 0 spiro atoms. The van der Waals surface area contributed by atoms with Crippen LogP contribution in [0.25, 0.3) is 0 Å². The van der Waals surface area contributed by atoms with E-state index in [0.29, 0.717) is 19.8 Å². The Bertz CT molecular complexity index is 207. The molecule has 1 fully saturated rings. The average Bonchev–Trinajstić information content (AvgIpc) is 2.17. The second-order valence-electron chi connectivity index (χ2n) is 3.90. The summed E-state index contributed by atoms with van der Waals surface area (Å²) >= 11 is 0. The van der Waals surface area contributed by atoms with Gasteiger partial charge in [-0.15, -0.1) is 0 Å². The van der Waals surface area contributed by atoms with Crippen LogP contribution in [0.4, 0.5) is 0 Å². The molecule has 0 aromatic carbocycles. The molecule has 1 aliphatic heterocycles. The SMILES string of the molecule is CCOC(=O)CNC1COC(C)(C)OC1. The van der Waals surface area contributed by atoms with Crippen molar-refractivity contribution in [3.05, 3.63) is 0 Å². The number of hydrogen-bond acceptors (Lipinski definition) is 5. The summed E-state index contributed by atoms with van der Waals surface area (Å²) in [6.45, 7) is 7.23. The molecular weight excluding hydrogens is 198 g/mol. The Labute approximate surface area is 90.1 Å². The largest absolute Gasteiger partial charge is 0.465 e. The van der Waals surface area contributed by atoms with Crippen LogP contribution in [0, 0.1) is 0 Å². The van der Waals surface area contributed by atoms with Gasteiger partial charge in [0.15, 0.2) is 5.79 Å². The van der Waals surface area contributed by atoms with E-state index in [1.54, 1.807) is 6.92 Å². The molecule has 0 aromatic heterocycles. The Kier molecular flexibility index (Phi) is 4.50. The standard InChI is InChI=1S/C10H19NO4/c1-4-13-9(12)5-11-8-6-14-10(2,3)15-7-8/h8,11H,4-7H2,1-3H3. The third kappa shape index (κ3) is 4.59. The minimum atomic E-state index is -0.512. The number of ether oxygens (including phenoxy) is 3. The van der Waals surface area contributed by atoms with Gasteiger partial charge < -0.3 is 14.2 Å². The molecule has 0 unspecified atom stereocenters. The Morgan fingerprint density at radius 1 is 1.47 bits per heavy atom. The number of carbonyl (C=O) groups excluding carboxylic acids is 1. The number of hydrogen-bond donors (Lipinski definition) is 1. The molecule has 5 heteroatoms. The summed E-state index contributed by atoms with van der Waals surface area (Å²) in [5.41, 5.74) is 0. The maximum Gasteiger partial charge on any atom is 0.319 e. The van der Waals surface area contributed by atoms with E-state index in [1.807, 2.05) is 13.8 Å². The maximum atomic E-state index is 11.0. The van der Waals surface area contributed by atoms with E-state index >= 15 is 0 Å². The maximum absolute atomic E-state index is 11.0. The van der Waals surface area contributed by atoms with Crippen LogP contribution in [0.5, 0.6) is 0 Å². The van der Waals surface area contributed by atoms with E-state index in [4.69, 9.17) is 14.2 Å². The molecule has 5 nitrogen and oxygen atoms in total. The lowest BCUT2D eigenvalue weighted by atomic mass is 10.2. The second-order valence-corrected chi connectivity index (χ2v) is 3.90. The first-order valence-electron chi connectivity index (χ1n) is 5.20. The first-order chi connectivity index (χ1) is 7.03. The van der Waals surface area contributed by atoms with Crippen molar-refractivity contribution in [2.45, 2.75) is 32.6 Å². The molecule has 0 amide bonds. The molecule has 15 heavy (non-hydrogen) atoms. The minimum absolute atomic E-state index is 0.0578. The molecule has 1 rings (SSSR count). The van der Waals surface area contributed by atoms with Gasteiger partial charge >= 0.3 is 5.97 Å². The predicted molar refractivity (Wildman–Crippen MR) is 54.4 cm³/mol. The number of nitrogens with one attached hydrogen (secondary N) is 1. The van der Waals surface area contributed by atoms with Crippen LogP contribution < -0.4 is 5.32 Å². The molecular formula is C10H19NO4. The highest BCUT2D eigenvalue weighted by Crippen LogP contribution is 2.16. The Morgan fingerprint density at radius 3 is 2.60 bits per heavy atom. The van der Waals surface area contributed by atoms with Crippen molar-refractivity contribution in [1.29, 1.82) is 0 Å². The fraction of sp³-hybridized carbons (Fsp3) is 0.900. The van der Waals surface area contributed by atoms with E-state index in [2.05, 4.69) is 5.32 Å². The third-order valence-corrected chi connectivity index (χ3v) is 2.10. The lowest BCUT2D eigenvalue weighted by Gasteiger charge is -2.35. The Morgan fingerprint density at radius 2 is 2.07 bits per heavy atom. The van der Waals surface area contributed by atoms with Crippen molar-refractivity contribution in [1.82, 2.24) is 5.32 Å². The van der Waals surface area contributed by atoms with Crippen molar-refractivity contribution in [3.63, 3.8) is 0 Å². The van der Waals surface area contributed by atoms with Crippen LogP contribution in [0.3, 0.4) is 0 Å². The highest BCUT2D eigenvalue weighted by Gasteiger charge is 2.28. The van der Waals surface area contributed by atoms with Gasteiger partial charge in [0.2, 0.25) is 0 Å². The smallest absolute Gasteiger partial charge is 0.319 e. The highest BCUT2D eigenvalue weighted by molar-refractivity contribution is 5.71. The molecule has 1 aliphatic rings. The van der Waals surface area contributed by atoms with Gasteiger partial charge in [0.05, 0.1) is 32.4 Å². The van der Waals surface area contributed by atoms with E-state index in [-0.39, 0.29) is 18.6 Å². The van der Waals surface area contributed by atoms with E-state index in [9.17, 15) is 4.79 Å². The Balaban J connectivity index is 2.16. The van der Waals surface area contributed by atoms with Gasteiger partial charge in [-0.1, -0.05) is 0 Å². The minimum Gasteiger partial charge on any atom is -0.465 e. The van der Waals surface area contributed by atoms with Crippen LogP contribution in [-0.4, -0.2) is 44.2 Å². The van der Waals surface area contributed by atoms with E-state index in [0.717, 1.165) is 0 Å². The molecule has 0 aliphatic carbocycles. The summed E-state index contributed by atoms with van der Waals surface area (Å²) in [6.07, 6.45) is 0. The number of rotatable bonds is 4. The molecule has 0 aromatic rings. The van der Waals surface area contributed by atoms with Crippen molar-refractivity contribution in [3.8, 4) is 0 Å². The number of esters is 1. The lowest BCUT2D eigenvalue weighted by Crippen LogP contribution is -2.49. The summed E-state index contributed by atoms with van der Waals surface area (Å²) in [5, 5.41) is 3.02. The van der Waals surface area contributed by atoms with Gasteiger partial charge in [-0.05, 0) is 20.8 Å². The van der Waals surface area contributed by atoms with Gasteiger partial charge in [0.1, 0.15) is 0 Å². The van der Waals surface area contributed by atoms with Crippen molar-refractivity contribution in [2.75, 3.05) is 26.4 Å². The zero-order valence-electron chi connectivity index (χ0n) is 9.54. The number of carbonyl (C=O) groups is 1. The van der Waals surface area contributed by atoms with Gasteiger partial charge in [-0.3, -0.25) is 10.1 Å². The van der Waals surface area contributed by atoms with Crippen LogP contribution in [0.2, 0.25) is 0 Å². The molecule has 0 radical (unpaired) electrons. The van der Waals surface area contributed by atoms with E-state index in [1.165, 1.54) is 0 Å². The summed E-state index contributed by atoms with van der Waals surface area (Å²) in [7, 11) is 0. The summed E-state index contributed by atoms with van der Waals surface area (Å²) in [5.74, 6) is -0.760. The predicted octanol–water partition coefficient (Wildman–Crippen LogP) is 0.291. The molecule has 1 heterocycles. The van der Waals surface area contributed by atoms with E-state index < -0.39 is 5.79 Å². The van der Waals surface area contributed by atoms with Gasteiger partial charge in [0, 0.05) is 0 Å². The summed E-state index contributed by atoms with van der Waals surface area (Å²) < 4.78 is 15.7.